The van der Waals surface area contributed by atoms with Crippen LogP contribution in [0.5, 0.6) is 11.5 Å². The van der Waals surface area contributed by atoms with E-state index in [0.717, 1.165) is 22.5 Å². The lowest BCUT2D eigenvalue weighted by atomic mass is 9.87. The Kier molecular flexibility index (Phi) is 2.60. The molecule has 0 spiro atoms. The molecule has 0 bridgehead atoms. The first-order chi connectivity index (χ1) is 8.12. The molecule has 2 aliphatic rings. The highest BCUT2D eigenvalue weighted by Gasteiger charge is 2.34. The largest absolute Gasteiger partial charge is 0.454 e. The van der Waals surface area contributed by atoms with Crippen LogP contribution in [-0.4, -0.2) is 13.3 Å². The van der Waals surface area contributed by atoms with Crippen molar-refractivity contribution in [2.45, 2.75) is 32.2 Å². The van der Waals surface area contributed by atoms with Crippen LogP contribution in [0, 0.1) is 6.92 Å². The van der Waals surface area contributed by atoms with Gasteiger partial charge in [0, 0.05) is 5.54 Å². The first-order valence-electron chi connectivity index (χ1n) is 5.96. The van der Waals surface area contributed by atoms with E-state index >= 15 is 0 Å². The van der Waals surface area contributed by atoms with Crippen molar-refractivity contribution in [1.29, 1.82) is 0 Å². The van der Waals surface area contributed by atoms with E-state index in [9.17, 15) is 0 Å². The Hall–Kier alpha value is -0.740. The number of rotatable bonds is 1. The highest BCUT2D eigenvalue weighted by atomic mass is 79.9. The van der Waals surface area contributed by atoms with Crippen molar-refractivity contribution in [1.82, 2.24) is 5.32 Å². The Morgan fingerprint density at radius 2 is 2.24 bits per heavy atom. The quantitative estimate of drug-likeness (QED) is 0.864. The summed E-state index contributed by atoms with van der Waals surface area (Å²) in [6, 6.07) is 2.13. The maximum atomic E-state index is 5.50. The molecular weight excluding hydrogens is 282 g/mol. The minimum atomic E-state index is 0.0631. The van der Waals surface area contributed by atoms with Gasteiger partial charge >= 0.3 is 0 Å². The van der Waals surface area contributed by atoms with Crippen molar-refractivity contribution < 1.29 is 9.47 Å². The minimum absolute atomic E-state index is 0.0631. The van der Waals surface area contributed by atoms with E-state index in [4.69, 9.17) is 9.47 Å². The lowest BCUT2D eigenvalue weighted by Gasteiger charge is -2.27. The molecule has 3 rings (SSSR count). The molecule has 0 saturated carbocycles. The van der Waals surface area contributed by atoms with Crippen LogP contribution in [0.4, 0.5) is 0 Å². The van der Waals surface area contributed by atoms with Crippen LogP contribution in [0.2, 0.25) is 0 Å². The molecule has 1 aromatic rings. The van der Waals surface area contributed by atoms with Gasteiger partial charge < -0.3 is 14.8 Å². The van der Waals surface area contributed by atoms with E-state index in [2.05, 4.69) is 41.2 Å². The van der Waals surface area contributed by atoms with Crippen LogP contribution in [-0.2, 0) is 5.54 Å². The molecule has 3 nitrogen and oxygen atoms in total. The smallest absolute Gasteiger partial charge is 0.231 e. The van der Waals surface area contributed by atoms with Gasteiger partial charge in [-0.1, -0.05) is 0 Å². The minimum Gasteiger partial charge on any atom is -0.454 e. The first-order valence-corrected chi connectivity index (χ1v) is 6.75. The summed E-state index contributed by atoms with van der Waals surface area (Å²) in [5.41, 5.74) is 2.62. The molecule has 1 fully saturated rings. The average molecular weight is 298 g/mol. The van der Waals surface area contributed by atoms with Crippen molar-refractivity contribution in [3.8, 4) is 11.5 Å². The predicted octanol–water partition coefficient (Wildman–Crippen LogP) is 3.08. The van der Waals surface area contributed by atoms with Crippen molar-refractivity contribution in [2.75, 3.05) is 13.3 Å². The molecule has 1 aromatic carbocycles. The van der Waals surface area contributed by atoms with Gasteiger partial charge in [-0.05, 0) is 66.4 Å². The zero-order chi connectivity index (χ0) is 12.0. The second kappa shape index (κ2) is 3.89. The Morgan fingerprint density at radius 3 is 2.94 bits per heavy atom. The van der Waals surface area contributed by atoms with E-state index in [1.54, 1.807) is 0 Å². The van der Waals surface area contributed by atoms with Crippen LogP contribution >= 0.6 is 15.9 Å². The predicted molar refractivity (Wildman–Crippen MR) is 69.6 cm³/mol. The number of halogens is 1. The van der Waals surface area contributed by atoms with Gasteiger partial charge in [-0.25, -0.2) is 0 Å². The van der Waals surface area contributed by atoms with Gasteiger partial charge in [0.25, 0.3) is 0 Å². The van der Waals surface area contributed by atoms with Crippen LogP contribution in [0.3, 0.4) is 0 Å². The Bertz CT molecular complexity index is 467. The van der Waals surface area contributed by atoms with E-state index in [-0.39, 0.29) is 5.54 Å². The fourth-order valence-corrected chi connectivity index (χ4v) is 3.32. The van der Waals surface area contributed by atoms with Crippen LogP contribution in [0.25, 0.3) is 0 Å². The second-order valence-electron chi connectivity index (χ2n) is 4.96. The van der Waals surface area contributed by atoms with E-state index in [1.165, 1.54) is 24.0 Å². The van der Waals surface area contributed by atoms with Gasteiger partial charge in [0.15, 0.2) is 11.5 Å². The van der Waals surface area contributed by atoms with Crippen molar-refractivity contribution >= 4 is 15.9 Å². The van der Waals surface area contributed by atoms with Crippen molar-refractivity contribution in [2.24, 2.45) is 0 Å². The monoisotopic (exact) mass is 297 g/mol. The Labute approximate surface area is 110 Å². The third kappa shape index (κ3) is 1.66. The summed E-state index contributed by atoms with van der Waals surface area (Å²) in [6.45, 7) is 5.80. The molecule has 17 heavy (non-hydrogen) atoms. The number of hydrogen-bond donors (Lipinski definition) is 1. The van der Waals surface area contributed by atoms with E-state index < -0.39 is 0 Å². The summed E-state index contributed by atoms with van der Waals surface area (Å²) < 4.78 is 12.0. The van der Waals surface area contributed by atoms with E-state index in [1.807, 2.05) is 0 Å². The summed E-state index contributed by atoms with van der Waals surface area (Å²) >= 11 is 3.62. The highest BCUT2D eigenvalue weighted by molar-refractivity contribution is 9.10. The van der Waals surface area contributed by atoms with Crippen molar-refractivity contribution in [3.05, 3.63) is 21.7 Å². The summed E-state index contributed by atoms with van der Waals surface area (Å²) in [5.74, 6) is 1.69. The standard InChI is InChI=1S/C13H16BrNO2/c1-8-9(13(2)4-3-5-15-13)6-10-12(11(8)14)17-7-16-10/h6,15H,3-5,7H2,1-2H3. The van der Waals surface area contributed by atoms with Crippen LogP contribution < -0.4 is 14.8 Å². The molecule has 1 unspecified atom stereocenters. The van der Waals surface area contributed by atoms with Gasteiger partial charge in [0.1, 0.15) is 0 Å². The molecule has 0 amide bonds. The molecule has 92 valence electrons. The third-order valence-corrected chi connectivity index (χ3v) is 4.77. The number of ether oxygens (including phenoxy) is 2. The summed E-state index contributed by atoms with van der Waals surface area (Å²) in [6.07, 6.45) is 2.39. The molecule has 1 atom stereocenters. The van der Waals surface area contributed by atoms with Gasteiger partial charge in [-0.15, -0.1) is 0 Å². The SMILES string of the molecule is Cc1c(C2(C)CCCN2)cc2c(c1Br)OCO2. The maximum Gasteiger partial charge on any atom is 0.231 e. The summed E-state index contributed by atoms with van der Waals surface area (Å²) in [4.78, 5) is 0. The first kappa shape index (κ1) is 11.4. The lowest BCUT2D eigenvalue weighted by molar-refractivity contribution is 0.173. The Morgan fingerprint density at radius 1 is 1.41 bits per heavy atom. The molecule has 2 heterocycles. The van der Waals surface area contributed by atoms with Crippen molar-refractivity contribution in [3.63, 3.8) is 0 Å². The molecule has 0 radical (unpaired) electrons. The number of benzene rings is 1. The number of hydrogen-bond acceptors (Lipinski definition) is 3. The zero-order valence-corrected chi connectivity index (χ0v) is 11.7. The summed E-state index contributed by atoms with van der Waals surface area (Å²) in [5, 5.41) is 3.59. The lowest BCUT2D eigenvalue weighted by Crippen LogP contribution is -2.33. The van der Waals surface area contributed by atoms with Gasteiger partial charge in [-0.2, -0.15) is 0 Å². The Balaban J connectivity index is 2.14. The topological polar surface area (TPSA) is 30.5 Å². The molecule has 1 N–H and O–H groups in total. The van der Waals surface area contributed by atoms with Crippen LogP contribution in [0.15, 0.2) is 10.5 Å². The fourth-order valence-electron chi connectivity index (χ4n) is 2.79. The molecule has 1 saturated heterocycles. The number of nitrogens with one attached hydrogen (secondary N) is 1. The van der Waals surface area contributed by atoms with E-state index in [0.29, 0.717) is 6.79 Å². The van der Waals surface area contributed by atoms with Crippen LogP contribution in [0.1, 0.15) is 30.9 Å². The number of fused-ring (bicyclic) bond motifs is 1. The molecule has 4 heteroatoms. The fraction of sp³-hybridized carbons (Fsp3) is 0.538. The zero-order valence-electron chi connectivity index (χ0n) is 10.1. The normalized spacial score (nSPS) is 26.5. The maximum absolute atomic E-state index is 5.50. The molecule has 0 aromatic heterocycles. The average Bonchev–Trinajstić information content (AvgIpc) is 2.92. The van der Waals surface area contributed by atoms with Gasteiger partial charge in [0.05, 0.1) is 4.47 Å². The molecular formula is C13H16BrNO2. The molecule has 2 aliphatic heterocycles. The third-order valence-electron chi connectivity index (χ3n) is 3.81. The van der Waals surface area contributed by atoms with Gasteiger partial charge in [0.2, 0.25) is 6.79 Å². The van der Waals surface area contributed by atoms with Gasteiger partial charge in [-0.3, -0.25) is 0 Å². The molecule has 0 aliphatic carbocycles. The summed E-state index contributed by atoms with van der Waals surface area (Å²) in [7, 11) is 0. The second-order valence-corrected chi connectivity index (χ2v) is 5.75. The highest BCUT2D eigenvalue weighted by Crippen LogP contribution is 2.46.